The number of hydrogen-bond acceptors (Lipinski definition) is 9. The van der Waals surface area contributed by atoms with E-state index in [0.29, 0.717) is 34.6 Å². The van der Waals surface area contributed by atoms with Gasteiger partial charge < -0.3 is 14.2 Å². The number of allylic oxidation sites excluding steroid dienone is 1. The van der Waals surface area contributed by atoms with E-state index in [9.17, 15) is 29.3 Å². The third-order valence-corrected chi connectivity index (χ3v) is 6.23. The largest absolute Gasteiger partial charge is 0.493 e. The van der Waals surface area contributed by atoms with Crippen LogP contribution in [0.25, 0.3) is 6.08 Å². The number of nitro groups is 1. The van der Waals surface area contributed by atoms with Gasteiger partial charge in [-0.3, -0.25) is 25.0 Å². The Bertz CT molecular complexity index is 1610. The molecule has 0 radical (unpaired) electrons. The van der Waals surface area contributed by atoms with Crippen molar-refractivity contribution in [3.05, 3.63) is 111 Å². The molecular weight excluding hydrogens is 546 g/mol. The predicted octanol–water partition coefficient (Wildman–Crippen LogP) is 4.36. The number of non-ortho nitro benzene ring substituents is 1. The first-order chi connectivity index (χ1) is 20.2. The van der Waals surface area contributed by atoms with Gasteiger partial charge in [0.15, 0.2) is 11.5 Å². The second kappa shape index (κ2) is 12.6. The van der Waals surface area contributed by atoms with E-state index in [1.807, 2.05) is 0 Å². The van der Waals surface area contributed by atoms with Crippen LogP contribution in [0, 0.1) is 10.1 Å². The maximum atomic E-state index is 13.4. The Labute approximate surface area is 239 Å². The number of hydrogen-bond donors (Lipinski definition) is 1. The van der Waals surface area contributed by atoms with E-state index in [1.165, 1.54) is 56.7 Å². The molecule has 4 amide bonds. The SMILES string of the molecule is C=CCc1cc(/C=C2\C(=O)NC(=O)N(c3ccc(C(=O)OC)cc3)C2=O)cc(OC)c1OCc1ccc([N+](=O)[O-])cc1. The van der Waals surface area contributed by atoms with Gasteiger partial charge in [0.25, 0.3) is 17.5 Å². The Hall–Kier alpha value is -5.78. The normalized spacial score (nSPS) is 13.9. The lowest BCUT2D eigenvalue weighted by Crippen LogP contribution is -2.54. The van der Waals surface area contributed by atoms with Gasteiger partial charge in [-0.2, -0.15) is 0 Å². The number of esters is 1. The van der Waals surface area contributed by atoms with Crippen molar-refractivity contribution >= 4 is 41.3 Å². The van der Waals surface area contributed by atoms with Gasteiger partial charge in [0.05, 0.1) is 30.4 Å². The Kier molecular flexibility index (Phi) is 8.76. The molecule has 1 aliphatic rings. The first-order valence-electron chi connectivity index (χ1n) is 12.4. The summed E-state index contributed by atoms with van der Waals surface area (Å²) in [5, 5.41) is 13.1. The molecule has 1 N–H and O–H groups in total. The summed E-state index contributed by atoms with van der Waals surface area (Å²) in [5.41, 5.74) is 1.75. The maximum Gasteiger partial charge on any atom is 0.337 e. The summed E-state index contributed by atoms with van der Waals surface area (Å²) in [6, 6.07) is 13.8. The lowest BCUT2D eigenvalue weighted by molar-refractivity contribution is -0.384. The van der Waals surface area contributed by atoms with Crippen LogP contribution in [0.5, 0.6) is 11.5 Å². The molecule has 42 heavy (non-hydrogen) atoms. The smallest absolute Gasteiger partial charge is 0.337 e. The van der Waals surface area contributed by atoms with Gasteiger partial charge in [0.2, 0.25) is 0 Å². The molecule has 0 saturated carbocycles. The molecule has 1 aliphatic heterocycles. The fraction of sp³-hybridized carbons (Fsp3) is 0.133. The number of nitrogens with one attached hydrogen (secondary N) is 1. The number of carbonyl (C=O) groups is 4. The van der Waals surface area contributed by atoms with Crippen LogP contribution < -0.4 is 19.7 Å². The molecule has 0 unspecified atom stereocenters. The molecule has 3 aromatic rings. The molecule has 214 valence electrons. The molecule has 0 aliphatic carbocycles. The number of ether oxygens (including phenoxy) is 3. The molecule has 4 rings (SSSR count). The van der Waals surface area contributed by atoms with E-state index in [-0.39, 0.29) is 29.1 Å². The van der Waals surface area contributed by atoms with Gasteiger partial charge in [-0.05, 0) is 72.2 Å². The molecule has 0 aromatic heterocycles. The first kappa shape index (κ1) is 29.2. The number of urea groups is 1. The zero-order valence-electron chi connectivity index (χ0n) is 22.6. The van der Waals surface area contributed by atoms with E-state index < -0.39 is 28.7 Å². The standard InChI is InChI=1S/C30H25N3O9/c1-4-5-21-14-19(16-25(40-2)26(21)42-17-18-6-10-23(11-7-18)33(38)39)15-24-27(34)31-30(37)32(28(24)35)22-12-8-20(9-13-22)29(36)41-3/h4,6-16H,1,5,17H2,2-3H3,(H,31,34,37)/b24-15+. The van der Waals surface area contributed by atoms with Crippen LogP contribution in [-0.4, -0.2) is 43.0 Å². The van der Waals surface area contributed by atoms with E-state index >= 15 is 0 Å². The summed E-state index contributed by atoms with van der Waals surface area (Å²) in [7, 11) is 2.66. The van der Waals surface area contributed by atoms with Crippen LogP contribution in [0.4, 0.5) is 16.2 Å². The summed E-state index contributed by atoms with van der Waals surface area (Å²) in [6.07, 6.45) is 3.32. The van der Waals surface area contributed by atoms with Crippen molar-refractivity contribution < 1.29 is 38.3 Å². The summed E-state index contributed by atoms with van der Waals surface area (Å²) in [6.45, 7) is 3.86. The summed E-state index contributed by atoms with van der Waals surface area (Å²) >= 11 is 0. The van der Waals surface area contributed by atoms with Crippen molar-refractivity contribution in [2.24, 2.45) is 0 Å². The van der Waals surface area contributed by atoms with Crippen molar-refractivity contribution in [3.63, 3.8) is 0 Å². The summed E-state index contributed by atoms with van der Waals surface area (Å²) in [4.78, 5) is 61.6. The Morgan fingerprint density at radius 2 is 1.74 bits per heavy atom. The van der Waals surface area contributed by atoms with E-state index in [1.54, 1.807) is 30.3 Å². The molecule has 12 heteroatoms. The van der Waals surface area contributed by atoms with Crippen LogP contribution in [0.2, 0.25) is 0 Å². The number of anilines is 1. The lowest BCUT2D eigenvalue weighted by atomic mass is 10.0. The lowest BCUT2D eigenvalue weighted by Gasteiger charge is -2.26. The highest BCUT2D eigenvalue weighted by atomic mass is 16.6. The third-order valence-electron chi connectivity index (χ3n) is 6.23. The van der Waals surface area contributed by atoms with Gasteiger partial charge in [-0.25, -0.2) is 14.5 Å². The van der Waals surface area contributed by atoms with Crippen molar-refractivity contribution in [1.82, 2.24) is 5.32 Å². The average Bonchev–Trinajstić information content (AvgIpc) is 2.98. The number of carbonyl (C=O) groups excluding carboxylic acids is 4. The Morgan fingerprint density at radius 1 is 1.05 bits per heavy atom. The molecule has 1 fully saturated rings. The maximum absolute atomic E-state index is 13.4. The van der Waals surface area contributed by atoms with Crippen LogP contribution in [0.3, 0.4) is 0 Å². The molecule has 0 spiro atoms. The quantitative estimate of drug-likeness (QED) is 0.0933. The van der Waals surface area contributed by atoms with Gasteiger partial charge in [-0.1, -0.05) is 6.08 Å². The first-order valence-corrected chi connectivity index (χ1v) is 12.4. The average molecular weight is 572 g/mol. The van der Waals surface area contributed by atoms with Crippen LogP contribution in [-0.2, 0) is 27.4 Å². The number of barbiturate groups is 1. The number of nitro benzene ring substituents is 1. The van der Waals surface area contributed by atoms with Crippen LogP contribution in [0.15, 0.2) is 78.9 Å². The predicted molar refractivity (Wildman–Crippen MR) is 151 cm³/mol. The molecule has 0 bridgehead atoms. The number of rotatable bonds is 10. The van der Waals surface area contributed by atoms with Gasteiger partial charge in [-0.15, -0.1) is 6.58 Å². The highest BCUT2D eigenvalue weighted by Gasteiger charge is 2.37. The van der Waals surface area contributed by atoms with E-state index in [0.717, 1.165) is 4.90 Å². The van der Waals surface area contributed by atoms with E-state index in [2.05, 4.69) is 16.6 Å². The topological polar surface area (TPSA) is 154 Å². The minimum absolute atomic E-state index is 0.0409. The number of imide groups is 2. The number of methoxy groups -OCH3 is 2. The minimum atomic E-state index is -0.937. The van der Waals surface area contributed by atoms with Crippen molar-refractivity contribution in [1.29, 1.82) is 0 Å². The van der Waals surface area contributed by atoms with Gasteiger partial charge >= 0.3 is 12.0 Å². The summed E-state index contributed by atoms with van der Waals surface area (Å²) in [5.74, 6) is -1.64. The molecule has 12 nitrogen and oxygen atoms in total. The second-order valence-electron chi connectivity index (χ2n) is 8.91. The van der Waals surface area contributed by atoms with Crippen molar-refractivity contribution in [2.75, 3.05) is 19.1 Å². The van der Waals surface area contributed by atoms with Crippen LogP contribution >= 0.6 is 0 Å². The number of benzene rings is 3. The zero-order valence-corrected chi connectivity index (χ0v) is 22.6. The second-order valence-corrected chi connectivity index (χ2v) is 8.91. The molecule has 1 saturated heterocycles. The molecule has 3 aromatic carbocycles. The summed E-state index contributed by atoms with van der Waals surface area (Å²) < 4.78 is 16.2. The number of amides is 4. The molecule has 1 heterocycles. The van der Waals surface area contributed by atoms with Crippen LogP contribution in [0.1, 0.15) is 27.0 Å². The van der Waals surface area contributed by atoms with E-state index in [4.69, 9.17) is 9.47 Å². The molecule has 0 atom stereocenters. The Balaban J connectivity index is 1.65. The van der Waals surface area contributed by atoms with Crippen molar-refractivity contribution in [2.45, 2.75) is 13.0 Å². The molecular formula is C30H25N3O9. The Morgan fingerprint density at radius 3 is 2.33 bits per heavy atom. The third kappa shape index (κ3) is 6.17. The van der Waals surface area contributed by atoms with Gasteiger partial charge in [0, 0.05) is 17.7 Å². The number of nitrogens with zero attached hydrogens (tertiary/aromatic N) is 2. The highest BCUT2D eigenvalue weighted by molar-refractivity contribution is 6.39. The van der Waals surface area contributed by atoms with Crippen molar-refractivity contribution in [3.8, 4) is 11.5 Å². The fourth-order valence-electron chi connectivity index (χ4n) is 4.18. The zero-order chi connectivity index (χ0) is 30.4. The highest BCUT2D eigenvalue weighted by Crippen LogP contribution is 2.35. The fourth-order valence-corrected chi connectivity index (χ4v) is 4.18. The monoisotopic (exact) mass is 571 g/mol. The minimum Gasteiger partial charge on any atom is -0.493 e. The van der Waals surface area contributed by atoms with Gasteiger partial charge in [0.1, 0.15) is 12.2 Å².